The highest BCUT2D eigenvalue weighted by atomic mass is 16.5. The van der Waals surface area contributed by atoms with E-state index in [4.69, 9.17) is 4.74 Å². The average Bonchev–Trinajstić information content (AvgIpc) is 2.61. The molecule has 3 heteroatoms. The van der Waals surface area contributed by atoms with Gasteiger partial charge in [-0.1, -0.05) is 55.5 Å². The van der Waals surface area contributed by atoms with Crippen LogP contribution in [0.1, 0.15) is 36.2 Å². The van der Waals surface area contributed by atoms with E-state index in [-0.39, 0.29) is 5.97 Å². The van der Waals surface area contributed by atoms with Crippen LogP contribution in [0.25, 0.3) is 0 Å². The minimum absolute atomic E-state index is 0.373. The molecule has 120 valence electrons. The fourth-order valence-corrected chi connectivity index (χ4v) is 2.29. The van der Waals surface area contributed by atoms with Crippen molar-refractivity contribution in [3.63, 3.8) is 0 Å². The standard InChI is InChI=1S/C20H22O3/c1-3-20(22,18-12-8-5-9-13-18)15-14-16(2)23-19(21)17-10-6-4-7-11-17/h4-16,22H,3H2,1-2H3/b15-14-. The first kappa shape index (κ1) is 17.0. The van der Waals surface area contributed by atoms with Crippen molar-refractivity contribution in [1.29, 1.82) is 0 Å². The average molecular weight is 310 g/mol. The highest BCUT2D eigenvalue weighted by Crippen LogP contribution is 2.26. The smallest absolute Gasteiger partial charge is 0.338 e. The molecule has 1 N–H and O–H groups in total. The van der Waals surface area contributed by atoms with E-state index in [1.807, 2.05) is 43.3 Å². The molecule has 2 rings (SSSR count). The molecule has 0 bridgehead atoms. The maximum absolute atomic E-state index is 12.0. The second-order valence-corrected chi connectivity index (χ2v) is 5.48. The Morgan fingerprint density at radius 2 is 1.70 bits per heavy atom. The van der Waals surface area contributed by atoms with Crippen LogP contribution in [0.15, 0.2) is 72.8 Å². The molecule has 23 heavy (non-hydrogen) atoms. The van der Waals surface area contributed by atoms with Crippen LogP contribution >= 0.6 is 0 Å². The summed E-state index contributed by atoms with van der Waals surface area (Å²) in [5, 5.41) is 10.8. The Morgan fingerprint density at radius 3 is 2.26 bits per heavy atom. The quantitative estimate of drug-likeness (QED) is 0.646. The van der Waals surface area contributed by atoms with E-state index in [0.29, 0.717) is 12.0 Å². The van der Waals surface area contributed by atoms with Crippen LogP contribution in [-0.4, -0.2) is 17.2 Å². The van der Waals surface area contributed by atoms with Gasteiger partial charge in [-0.05, 0) is 43.2 Å². The molecule has 0 radical (unpaired) electrons. The highest BCUT2D eigenvalue weighted by Gasteiger charge is 2.23. The maximum Gasteiger partial charge on any atom is 0.338 e. The molecule has 0 fully saturated rings. The third-order valence-corrected chi connectivity index (χ3v) is 3.76. The number of benzene rings is 2. The van der Waals surface area contributed by atoms with E-state index in [1.54, 1.807) is 43.3 Å². The summed E-state index contributed by atoms with van der Waals surface area (Å²) in [5.41, 5.74) is 0.274. The third-order valence-electron chi connectivity index (χ3n) is 3.76. The molecular weight excluding hydrogens is 288 g/mol. The predicted molar refractivity (Wildman–Crippen MR) is 91.1 cm³/mol. The molecule has 2 aromatic rings. The molecule has 0 heterocycles. The van der Waals surface area contributed by atoms with E-state index in [9.17, 15) is 9.90 Å². The fraction of sp³-hybridized carbons (Fsp3) is 0.250. The minimum Gasteiger partial charge on any atom is -0.455 e. The summed E-state index contributed by atoms with van der Waals surface area (Å²) in [6, 6.07) is 18.3. The van der Waals surface area contributed by atoms with Crippen LogP contribution in [0.4, 0.5) is 0 Å². The van der Waals surface area contributed by atoms with Gasteiger partial charge in [0.05, 0.1) is 5.56 Å². The Labute approximate surface area is 137 Å². The van der Waals surface area contributed by atoms with Gasteiger partial charge in [0.25, 0.3) is 0 Å². The zero-order valence-electron chi connectivity index (χ0n) is 13.5. The predicted octanol–water partition coefficient (Wildman–Crippen LogP) is 4.09. The molecule has 0 amide bonds. The van der Waals surface area contributed by atoms with Gasteiger partial charge in [-0.25, -0.2) is 4.79 Å². The summed E-state index contributed by atoms with van der Waals surface area (Å²) in [6.07, 6.45) is 3.53. The molecule has 2 atom stereocenters. The Balaban J connectivity index is 2.05. The summed E-state index contributed by atoms with van der Waals surface area (Å²) in [6.45, 7) is 3.69. The van der Waals surface area contributed by atoms with Gasteiger partial charge in [-0.15, -0.1) is 0 Å². The van der Waals surface area contributed by atoms with E-state index in [2.05, 4.69) is 0 Å². The Morgan fingerprint density at radius 1 is 1.13 bits per heavy atom. The molecule has 3 nitrogen and oxygen atoms in total. The lowest BCUT2D eigenvalue weighted by atomic mass is 9.90. The van der Waals surface area contributed by atoms with Crippen molar-refractivity contribution in [2.45, 2.75) is 32.0 Å². The highest BCUT2D eigenvalue weighted by molar-refractivity contribution is 5.89. The molecule has 0 aliphatic heterocycles. The van der Waals surface area contributed by atoms with Crippen LogP contribution in [0.3, 0.4) is 0 Å². The van der Waals surface area contributed by atoms with Crippen molar-refractivity contribution in [1.82, 2.24) is 0 Å². The summed E-state index contributed by atoms with van der Waals surface area (Å²) < 4.78 is 5.38. The first-order valence-electron chi connectivity index (χ1n) is 7.78. The second kappa shape index (κ2) is 7.75. The number of esters is 1. The molecule has 0 aromatic heterocycles. The number of carbonyl (C=O) groups excluding carboxylic acids is 1. The van der Waals surface area contributed by atoms with E-state index >= 15 is 0 Å². The van der Waals surface area contributed by atoms with Crippen molar-refractivity contribution in [3.8, 4) is 0 Å². The van der Waals surface area contributed by atoms with Crippen LogP contribution in [0.5, 0.6) is 0 Å². The van der Waals surface area contributed by atoms with Crippen molar-refractivity contribution in [3.05, 3.63) is 83.9 Å². The first-order chi connectivity index (χ1) is 11.0. The number of hydrogen-bond donors (Lipinski definition) is 1. The van der Waals surface area contributed by atoms with Gasteiger partial charge in [0.1, 0.15) is 11.7 Å². The number of aliphatic hydroxyl groups is 1. The molecule has 0 aliphatic rings. The van der Waals surface area contributed by atoms with Crippen molar-refractivity contribution >= 4 is 5.97 Å². The van der Waals surface area contributed by atoms with Crippen molar-refractivity contribution < 1.29 is 14.6 Å². The number of carbonyl (C=O) groups is 1. The fourth-order valence-electron chi connectivity index (χ4n) is 2.29. The molecule has 0 saturated carbocycles. The van der Waals surface area contributed by atoms with Crippen LogP contribution < -0.4 is 0 Å². The van der Waals surface area contributed by atoms with Gasteiger partial charge in [0, 0.05) is 0 Å². The largest absolute Gasteiger partial charge is 0.455 e. The first-order valence-corrected chi connectivity index (χ1v) is 7.78. The Hall–Kier alpha value is -2.39. The molecule has 2 unspecified atom stereocenters. The van der Waals surface area contributed by atoms with Gasteiger partial charge in [-0.3, -0.25) is 0 Å². The van der Waals surface area contributed by atoms with Gasteiger partial charge in [0.15, 0.2) is 0 Å². The zero-order chi connectivity index (χ0) is 16.7. The number of rotatable bonds is 6. The zero-order valence-corrected chi connectivity index (χ0v) is 13.5. The monoisotopic (exact) mass is 310 g/mol. The SMILES string of the molecule is CCC(O)(/C=C\C(C)OC(=O)c1ccccc1)c1ccccc1. The summed E-state index contributed by atoms with van der Waals surface area (Å²) in [4.78, 5) is 12.0. The molecule has 2 aromatic carbocycles. The van der Waals surface area contributed by atoms with Gasteiger partial charge >= 0.3 is 5.97 Å². The summed E-state index contributed by atoms with van der Waals surface area (Å²) in [5.74, 6) is -0.373. The maximum atomic E-state index is 12.0. The third kappa shape index (κ3) is 4.54. The molecule has 0 spiro atoms. The van der Waals surface area contributed by atoms with Crippen molar-refractivity contribution in [2.75, 3.05) is 0 Å². The van der Waals surface area contributed by atoms with Crippen LogP contribution in [0.2, 0.25) is 0 Å². The minimum atomic E-state index is -1.06. The van der Waals surface area contributed by atoms with E-state index in [1.165, 1.54) is 0 Å². The van der Waals surface area contributed by atoms with Crippen LogP contribution in [0, 0.1) is 0 Å². The lowest BCUT2D eigenvalue weighted by Gasteiger charge is -2.24. The lowest BCUT2D eigenvalue weighted by molar-refractivity contribution is 0.0412. The number of hydrogen-bond acceptors (Lipinski definition) is 3. The normalized spacial score (nSPS) is 15.1. The topological polar surface area (TPSA) is 46.5 Å². The van der Waals surface area contributed by atoms with Crippen LogP contribution in [-0.2, 0) is 10.3 Å². The molecule has 0 aliphatic carbocycles. The van der Waals surface area contributed by atoms with E-state index in [0.717, 1.165) is 5.56 Å². The van der Waals surface area contributed by atoms with Gasteiger partial charge in [0.2, 0.25) is 0 Å². The second-order valence-electron chi connectivity index (χ2n) is 5.48. The molecular formula is C20H22O3. The summed E-state index contributed by atoms with van der Waals surface area (Å²) in [7, 11) is 0. The number of ether oxygens (including phenoxy) is 1. The van der Waals surface area contributed by atoms with E-state index < -0.39 is 11.7 Å². The van der Waals surface area contributed by atoms with Crippen molar-refractivity contribution in [2.24, 2.45) is 0 Å². The Bertz CT molecular complexity index is 649. The molecule has 0 saturated heterocycles. The Kier molecular flexibility index (Phi) is 5.72. The lowest BCUT2D eigenvalue weighted by Crippen LogP contribution is -2.22. The van der Waals surface area contributed by atoms with Gasteiger partial charge in [-0.2, -0.15) is 0 Å². The van der Waals surface area contributed by atoms with Gasteiger partial charge < -0.3 is 9.84 Å². The summed E-state index contributed by atoms with van der Waals surface area (Å²) >= 11 is 0.